The highest BCUT2D eigenvalue weighted by Crippen LogP contribution is 2.11. The Morgan fingerprint density at radius 2 is 1.76 bits per heavy atom. The number of aryl methyl sites for hydroxylation is 1. The molecule has 0 amide bonds. The minimum absolute atomic E-state index is 0.363. The molecule has 0 aliphatic carbocycles. The van der Waals surface area contributed by atoms with Gasteiger partial charge in [0.05, 0.1) is 24.3 Å². The Balaban J connectivity index is 1.77. The van der Waals surface area contributed by atoms with Crippen molar-refractivity contribution in [1.29, 1.82) is 0 Å². The summed E-state index contributed by atoms with van der Waals surface area (Å²) in [6, 6.07) is 11.7. The monoisotopic (exact) mass is 336 g/mol. The molecular weight excluding hydrogens is 320 g/mol. The van der Waals surface area contributed by atoms with Crippen LogP contribution in [0.15, 0.2) is 58.5 Å². The second kappa shape index (κ2) is 5.59. The first-order chi connectivity index (χ1) is 12.1. The fourth-order valence-corrected chi connectivity index (χ4v) is 2.86. The molecule has 0 spiro atoms. The summed E-state index contributed by atoms with van der Waals surface area (Å²) >= 11 is 0. The zero-order valence-electron chi connectivity index (χ0n) is 13.8. The van der Waals surface area contributed by atoms with E-state index >= 15 is 0 Å². The number of para-hydroxylation sites is 1. The van der Waals surface area contributed by atoms with Gasteiger partial charge in [-0.15, -0.1) is 0 Å². The maximum Gasteiger partial charge on any atom is 0.332 e. The maximum atomic E-state index is 12.5. The third-order valence-electron chi connectivity index (χ3n) is 4.21. The number of imidazole rings is 1. The molecule has 3 heterocycles. The van der Waals surface area contributed by atoms with Crippen molar-refractivity contribution in [2.45, 2.75) is 6.54 Å². The van der Waals surface area contributed by atoms with E-state index in [9.17, 15) is 9.59 Å². The lowest BCUT2D eigenvalue weighted by molar-refractivity contribution is 0.699. The Hall–Kier alpha value is -3.42. The van der Waals surface area contributed by atoms with Gasteiger partial charge in [0.2, 0.25) is 0 Å². The molecule has 0 saturated carbocycles. The summed E-state index contributed by atoms with van der Waals surface area (Å²) in [4.78, 5) is 28.7. The Labute approximate surface area is 142 Å². The second-order valence-electron chi connectivity index (χ2n) is 5.84. The smallest absolute Gasteiger partial charge is 0.319 e. The van der Waals surface area contributed by atoms with Crippen molar-refractivity contribution in [1.82, 2.24) is 28.5 Å². The first kappa shape index (κ1) is 15.1. The molecule has 0 radical (unpaired) electrons. The number of rotatable bonds is 3. The van der Waals surface area contributed by atoms with Gasteiger partial charge in [-0.3, -0.25) is 13.9 Å². The molecule has 0 unspecified atom stereocenters. The van der Waals surface area contributed by atoms with E-state index in [1.54, 1.807) is 22.6 Å². The van der Waals surface area contributed by atoms with Crippen LogP contribution in [0.5, 0.6) is 0 Å². The molecule has 8 heteroatoms. The minimum atomic E-state index is -0.392. The van der Waals surface area contributed by atoms with Gasteiger partial charge in [0, 0.05) is 20.3 Å². The van der Waals surface area contributed by atoms with Crippen LogP contribution in [0.4, 0.5) is 0 Å². The third kappa shape index (κ3) is 2.38. The SMILES string of the molecule is Cn1c(=O)c2c(ncn2Cc2ccn(-c3ccccc3)n2)n(C)c1=O. The van der Waals surface area contributed by atoms with Gasteiger partial charge in [0.1, 0.15) is 0 Å². The van der Waals surface area contributed by atoms with Gasteiger partial charge in [-0.1, -0.05) is 18.2 Å². The largest absolute Gasteiger partial charge is 0.332 e. The van der Waals surface area contributed by atoms with Crippen LogP contribution in [0.3, 0.4) is 0 Å². The molecule has 0 saturated heterocycles. The standard InChI is InChI=1S/C17H16N6O2/c1-20-15-14(16(24)21(2)17(20)25)22(11-18-15)10-12-8-9-23(19-12)13-6-4-3-5-7-13/h3-9,11H,10H2,1-2H3. The molecule has 4 aromatic rings. The molecule has 25 heavy (non-hydrogen) atoms. The van der Waals surface area contributed by atoms with E-state index in [1.165, 1.54) is 11.6 Å². The molecular formula is C17H16N6O2. The molecule has 0 fully saturated rings. The van der Waals surface area contributed by atoms with Gasteiger partial charge < -0.3 is 4.57 Å². The lowest BCUT2D eigenvalue weighted by Crippen LogP contribution is -2.37. The third-order valence-corrected chi connectivity index (χ3v) is 4.21. The molecule has 1 aromatic carbocycles. The van der Waals surface area contributed by atoms with Crippen molar-refractivity contribution in [3.8, 4) is 5.69 Å². The van der Waals surface area contributed by atoms with Crippen molar-refractivity contribution in [2.75, 3.05) is 0 Å². The first-order valence-electron chi connectivity index (χ1n) is 7.77. The summed E-state index contributed by atoms with van der Waals surface area (Å²) < 4.78 is 5.95. The van der Waals surface area contributed by atoms with Crippen LogP contribution < -0.4 is 11.2 Å². The van der Waals surface area contributed by atoms with E-state index in [2.05, 4.69) is 10.1 Å². The summed E-state index contributed by atoms with van der Waals surface area (Å²) in [5, 5.41) is 4.54. The van der Waals surface area contributed by atoms with Crippen LogP contribution in [0.2, 0.25) is 0 Å². The molecule has 3 aromatic heterocycles. The van der Waals surface area contributed by atoms with E-state index in [-0.39, 0.29) is 5.56 Å². The van der Waals surface area contributed by atoms with Gasteiger partial charge in [-0.25, -0.2) is 14.5 Å². The van der Waals surface area contributed by atoms with Gasteiger partial charge in [-0.2, -0.15) is 5.10 Å². The maximum absolute atomic E-state index is 12.5. The van der Waals surface area contributed by atoms with Crippen molar-refractivity contribution >= 4 is 11.2 Å². The normalized spacial score (nSPS) is 11.3. The van der Waals surface area contributed by atoms with Crippen LogP contribution in [0.25, 0.3) is 16.9 Å². The van der Waals surface area contributed by atoms with Crippen molar-refractivity contribution < 1.29 is 0 Å². The molecule has 0 aliphatic heterocycles. The van der Waals surface area contributed by atoms with Gasteiger partial charge >= 0.3 is 5.69 Å². The van der Waals surface area contributed by atoms with E-state index in [0.717, 1.165) is 15.9 Å². The van der Waals surface area contributed by atoms with Crippen LogP contribution in [0.1, 0.15) is 5.69 Å². The summed E-state index contributed by atoms with van der Waals surface area (Å²) in [5.41, 5.74) is 1.75. The van der Waals surface area contributed by atoms with Gasteiger partial charge in [0.15, 0.2) is 11.2 Å². The fourth-order valence-electron chi connectivity index (χ4n) is 2.86. The Morgan fingerprint density at radius 3 is 2.52 bits per heavy atom. The number of hydrogen-bond acceptors (Lipinski definition) is 4. The molecule has 0 N–H and O–H groups in total. The van der Waals surface area contributed by atoms with E-state index in [0.29, 0.717) is 17.7 Å². The predicted octanol–water partition coefficient (Wildman–Crippen LogP) is 0.668. The molecule has 0 aliphatic rings. The Kier molecular flexibility index (Phi) is 3.38. The number of nitrogens with zero attached hydrogens (tertiary/aromatic N) is 6. The second-order valence-corrected chi connectivity index (χ2v) is 5.84. The number of fused-ring (bicyclic) bond motifs is 1. The lowest BCUT2D eigenvalue weighted by Gasteiger charge is -2.05. The van der Waals surface area contributed by atoms with Crippen LogP contribution in [-0.2, 0) is 20.6 Å². The van der Waals surface area contributed by atoms with Crippen LogP contribution in [-0.4, -0.2) is 28.5 Å². The Morgan fingerprint density at radius 1 is 1.00 bits per heavy atom. The highest BCUT2D eigenvalue weighted by Gasteiger charge is 2.15. The summed E-state index contributed by atoms with van der Waals surface area (Å²) in [6.07, 6.45) is 3.44. The zero-order valence-corrected chi connectivity index (χ0v) is 13.8. The number of aromatic nitrogens is 6. The van der Waals surface area contributed by atoms with Gasteiger partial charge in [0.25, 0.3) is 5.56 Å². The lowest BCUT2D eigenvalue weighted by atomic mass is 10.3. The highest BCUT2D eigenvalue weighted by molar-refractivity contribution is 5.70. The van der Waals surface area contributed by atoms with Crippen LogP contribution in [0, 0.1) is 0 Å². The quantitative estimate of drug-likeness (QED) is 0.551. The first-order valence-corrected chi connectivity index (χ1v) is 7.77. The summed E-state index contributed by atoms with van der Waals surface area (Å²) in [6.45, 7) is 0.393. The molecule has 126 valence electrons. The summed E-state index contributed by atoms with van der Waals surface area (Å²) in [5.74, 6) is 0. The average Bonchev–Trinajstić information content (AvgIpc) is 3.27. The van der Waals surface area contributed by atoms with E-state index < -0.39 is 5.69 Å². The van der Waals surface area contributed by atoms with E-state index in [4.69, 9.17) is 0 Å². The Bertz CT molecular complexity index is 1180. The molecule has 4 rings (SSSR count). The summed E-state index contributed by atoms with van der Waals surface area (Å²) in [7, 11) is 3.07. The van der Waals surface area contributed by atoms with Crippen molar-refractivity contribution in [2.24, 2.45) is 14.1 Å². The fraction of sp³-hybridized carbons (Fsp3) is 0.176. The highest BCUT2D eigenvalue weighted by atomic mass is 16.2. The van der Waals surface area contributed by atoms with Crippen LogP contribution >= 0.6 is 0 Å². The van der Waals surface area contributed by atoms with Crippen molar-refractivity contribution in [3.63, 3.8) is 0 Å². The van der Waals surface area contributed by atoms with E-state index in [1.807, 2.05) is 42.6 Å². The topological polar surface area (TPSA) is 79.6 Å². The number of hydrogen-bond donors (Lipinski definition) is 0. The van der Waals surface area contributed by atoms with Gasteiger partial charge in [-0.05, 0) is 18.2 Å². The molecule has 0 bridgehead atoms. The average molecular weight is 336 g/mol. The molecule has 0 atom stereocenters. The molecule has 8 nitrogen and oxygen atoms in total. The number of benzene rings is 1. The zero-order chi connectivity index (χ0) is 17.6. The minimum Gasteiger partial charge on any atom is -0.319 e. The van der Waals surface area contributed by atoms with Crippen molar-refractivity contribution in [3.05, 3.63) is 75.5 Å². The predicted molar refractivity (Wildman–Crippen MR) is 92.9 cm³/mol.